The van der Waals surface area contributed by atoms with E-state index in [0.717, 1.165) is 29.1 Å². The molecule has 1 unspecified atom stereocenters. The average Bonchev–Trinajstić information content (AvgIpc) is 2.94. The molecule has 0 aliphatic carbocycles. The molecule has 0 saturated carbocycles. The maximum Gasteiger partial charge on any atom is 0.169 e. The second-order valence-electron chi connectivity index (χ2n) is 3.76. The predicted octanol–water partition coefficient (Wildman–Crippen LogP) is 2.96. The van der Waals surface area contributed by atoms with Crippen molar-refractivity contribution in [1.82, 2.24) is 15.1 Å². The van der Waals surface area contributed by atoms with E-state index in [4.69, 9.17) is 4.42 Å². The summed E-state index contributed by atoms with van der Waals surface area (Å²) in [5, 5.41) is 7.69. The lowest BCUT2D eigenvalue weighted by Crippen LogP contribution is -2.21. The highest BCUT2D eigenvalue weighted by Gasteiger charge is 2.18. The topological polar surface area (TPSA) is 43.0 Å². The van der Waals surface area contributed by atoms with E-state index in [9.17, 15) is 0 Å². The van der Waals surface area contributed by atoms with Crippen molar-refractivity contribution >= 4 is 15.9 Å². The molecule has 0 radical (unpaired) electrons. The summed E-state index contributed by atoms with van der Waals surface area (Å²) in [5.41, 5.74) is 1.12. The van der Waals surface area contributed by atoms with E-state index < -0.39 is 0 Å². The first-order valence-electron chi connectivity index (χ1n) is 5.75. The summed E-state index contributed by atoms with van der Waals surface area (Å²) in [6.07, 6.45) is 3.93. The van der Waals surface area contributed by atoms with Gasteiger partial charge < -0.3 is 9.73 Å². The van der Waals surface area contributed by atoms with Gasteiger partial charge in [0.05, 0.1) is 12.2 Å². The van der Waals surface area contributed by atoms with Crippen LogP contribution >= 0.6 is 15.9 Å². The maximum atomic E-state index is 5.61. The maximum absolute atomic E-state index is 5.61. The van der Waals surface area contributed by atoms with Crippen molar-refractivity contribution in [2.24, 2.45) is 0 Å². The molecule has 0 aliphatic heterocycles. The minimum Gasteiger partial charge on any atom is -0.452 e. The van der Waals surface area contributed by atoms with Gasteiger partial charge in [0, 0.05) is 18.3 Å². The monoisotopic (exact) mass is 297 g/mol. The first-order valence-corrected chi connectivity index (χ1v) is 6.54. The van der Waals surface area contributed by atoms with Gasteiger partial charge in [-0.3, -0.25) is 4.68 Å². The van der Waals surface area contributed by atoms with Gasteiger partial charge in [0.15, 0.2) is 4.67 Å². The van der Waals surface area contributed by atoms with Crippen LogP contribution < -0.4 is 5.32 Å². The highest BCUT2D eigenvalue weighted by molar-refractivity contribution is 9.10. The molecule has 92 valence electrons. The zero-order chi connectivity index (χ0) is 12.3. The Morgan fingerprint density at radius 2 is 2.29 bits per heavy atom. The quantitative estimate of drug-likeness (QED) is 0.923. The normalized spacial score (nSPS) is 12.9. The van der Waals surface area contributed by atoms with Gasteiger partial charge in [-0.25, -0.2) is 0 Å². The van der Waals surface area contributed by atoms with Crippen LogP contribution in [-0.4, -0.2) is 16.3 Å². The van der Waals surface area contributed by atoms with Crippen molar-refractivity contribution in [2.45, 2.75) is 26.4 Å². The van der Waals surface area contributed by atoms with Gasteiger partial charge in [-0.15, -0.1) is 0 Å². The molecular formula is C12H16BrN3O. The van der Waals surface area contributed by atoms with Crippen LogP contribution in [0.1, 0.15) is 31.2 Å². The number of hydrogen-bond acceptors (Lipinski definition) is 3. The number of halogens is 1. The van der Waals surface area contributed by atoms with Crippen molar-refractivity contribution in [2.75, 3.05) is 6.54 Å². The number of hydrogen-bond donors (Lipinski definition) is 1. The molecule has 2 aromatic heterocycles. The van der Waals surface area contributed by atoms with E-state index >= 15 is 0 Å². The molecule has 2 heterocycles. The minimum absolute atomic E-state index is 0.0617. The molecule has 4 nitrogen and oxygen atoms in total. The van der Waals surface area contributed by atoms with Crippen LogP contribution in [0.5, 0.6) is 0 Å². The largest absolute Gasteiger partial charge is 0.452 e. The Hall–Kier alpha value is -1.07. The van der Waals surface area contributed by atoms with Crippen molar-refractivity contribution in [3.8, 4) is 0 Å². The van der Waals surface area contributed by atoms with Crippen LogP contribution in [-0.2, 0) is 6.54 Å². The molecule has 0 saturated heterocycles. The van der Waals surface area contributed by atoms with Crippen LogP contribution in [0, 0.1) is 0 Å². The zero-order valence-electron chi connectivity index (χ0n) is 9.98. The SMILES string of the molecule is CCNC(c1cnn(CC)c1)c1ccc(Br)o1. The fraction of sp³-hybridized carbons (Fsp3) is 0.417. The predicted molar refractivity (Wildman–Crippen MR) is 69.8 cm³/mol. The third-order valence-electron chi connectivity index (χ3n) is 2.60. The van der Waals surface area contributed by atoms with Gasteiger partial charge in [0.25, 0.3) is 0 Å². The Balaban J connectivity index is 2.28. The summed E-state index contributed by atoms with van der Waals surface area (Å²) in [6, 6.07) is 3.94. The van der Waals surface area contributed by atoms with Gasteiger partial charge in [0.1, 0.15) is 5.76 Å². The number of nitrogens with one attached hydrogen (secondary N) is 1. The van der Waals surface area contributed by atoms with E-state index in [0.29, 0.717) is 0 Å². The number of aryl methyl sites for hydroxylation is 1. The smallest absolute Gasteiger partial charge is 0.169 e. The third kappa shape index (κ3) is 2.79. The molecule has 1 atom stereocenters. The van der Waals surface area contributed by atoms with Gasteiger partial charge >= 0.3 is 0 Å². The molecule has 1 N–H and O–H groups in total. The molecule has 2 aromatic rings. The number of aromatic nitrogens is 2. The van der Waals surface area contributed by atoms with Crippen LogP contribution in [0.25, 0.3) is 0 Å². The highest BCUT2D eigenvalue weighted by Crippen LogP contribution is 2.25. The third-order valence-corrected chi connectivity index (χ3v) is 3.02. The highest BCUT2D eigenvalue weighted by atomic mass is 79.9. The lowest BCUT2D eigenvalue weighted by atomic mass is 10.1. The Labute approximate surface area is 109 Å². The molecule has 0 bridgehead atoms. The van der Waals surface area contributed by atoms with E-state index in [2.05, 4.69) is 40.2 Å². The van der Waals surface area contributed by atoms with Crippen LogP contribution in [0.4, 0.5) is 0 Å². The van der Waals surface area contributed by atoms with Crippen molar-refractivity contribution in [1.29, 1.82) is 0 Å². The first kappa shape index (κ1) is 12.4. The lowest BCUT2D eigenvalue weighted by Gasteiger charge is -2.13. The molecule has 0 aromatic carbocycles. The fourth-order valence-electron chi connectivity index (χ4n) is 1.77. The first-order chi connectivity index (χ1) is 8.24. The number of rotatable bonds is 5. The molecule has 0 fully saturated rings. The minimum atomic E-state index is 0.0617. The molecular weight excluding hydrogens is 282 g/mol. The summed E-state index contributed by atoms with van der Waals surface area (Å²) < 4.78 is 8.28. The number of nitrogens with zero attached hydrogens (tertiary/aromatic N) is 2. The Bertz CT molecular complexity index is 478. The van der Waals surface area contributed by atoms with Crippen molar-refractivity contribution in [3.63, 3.8) is 0 Å². The Kier molecular flexibility index (Phi) is 4.02. The standard InChI is InChI=1S/C12H16BrN3O/c1-3-14-12(10-5-6-11(13)17-10)9-7-15-16(4-2)8-9/h5-8,12,14H,3-4H2,1-2H3. The second-order valence-corrected chi connectivity index (χ2v) is 4.54. The molecule has 5 heteroatoms. The van der Waals surface area contributed by atoms with Gasteiger partial charge in [-0.05, 0) is 41.5 Å². The average molecular weight is 298 g/mol. The molecule has 0 aliphatic rings. The van der Waals surface area contributed by atoms with E-state index in [1.165, 1.54) is 0 Å². The summed E-state index contributed by atoms with van der Waals surface area (Å²) in [5.74, 6) is 0.898. The summed E-state index contributed by atoms with van der Waals surface area (Å²) in [4.78, 5) is 0. The number of furan rings is 1. The summed E-state index contributed by atoms with van der Waals surface area (Å²) in [6.45, 7) is 5.90. The van der Waals surface area contributed by atoms with E-state index in [1.807, 2.05) is 29.2 Å². The second kappa shape index (κ2) is 5.51. The van der Waals surface area contributed by atoms with Crippen molar-refractivity contribution in [3.05, 3.63) is 40.5 Å². The van der Waals surface area contributed by atoms with Crippen LogP contribution in [0.15, 0.2) is 33.6 Å². The molecule has 17 heavy (non-hydrogen) atoms. The molecule has 0 spiro atoms. The van der Waals surface area contributed by atoms with Crippen LogP contribution in [0.3, 0.4) is 0 Å². The van der Waals surface area contributed by atoms with E-state index in [-0.39, 0.29) is 6.04 Å². The molecule has 2 rings (SSSR count). The van der Waals surface area contributed by atoms with Gasteiger partial charge in [-0.2, -0.15) is 5.10 Å². The van der Waals surface area contributed by atoms with Gasteiger partial charge in [-0.1, -0.05) is 6.92 Å². The van der Waals surface area contributed by atoms with Gasteiger partial charge in [0.2, 0.25) is 0 Å². The van der Waals surface area contributed by atoms with Crippen LogP contribution in [0.2, 0.25) is 0 Å². The van der Waals surface area contributed by atoms with E-state index in [1.54, 1.807) is 0 Å². The molecule has 0 amide bonds. The summed E-state index contributed by atoms with van der Waals surface area (Å²) >= 11 is 3.33. The zero-order valence-corrected chi connectivity index (χ0v) is 11.6. The summed E-state index contributed by atoms with van der Waals surface area (Å²) in [7, 11) is 0. The lowest BCUT2D eigenvalue weighted by molar-refractivity contribution is 0.437. The van der Waals surface area contributed by atoms with Crippen molar-refractivity contribution < 1.29 is 4.42 Å². The Morgan fingerprint density at radius 3 is 2.82 bits per heavy atom. The Morgan fingerprint density at radius 1 is 1.47 bits per heavy atom. The fourth-order valence-corrected chi connectivity index (χ4v) is 2.09.